The summed E-state index contributed by atoms with van der Waals surface area (Å²) in [5.41, 5.74) is 0.186. The number of ether oxygens (including phenoxy) is 1. The molecule has 0 bridgehead atoms. The molecule has 0 heterocycles. The number of anilines is 1. The Morgan fingerprint density at radius 1 is 1.32 bits per heavy atom. The molecule has 1 N–H and O–H groups in total. The van der Waals surface area contributed by atoms with Gasteiger partial charge in [-0.15, -0.1) is 0 Å². The molecule has 7 heteroatoms. The molecule has 1 aromatic carbocycles. The highest BCUT2D eigenvalue weighted by Gasteiger charge is 2.29. The number of hydrogen-bond donors (Lipinski definition) is 1. The third-order valence-electron chi connectivity index (χ3n) is 2.59. The number of nitrogens with one attached hydrogen (secondary N) is 1. The van der Waals surface area contributed by atoms with E-state index in [0.29, 0.717) is 13.0 Å². The maximum Gasteiger partial charge on any atom is 0.341 e. The maximum absolute atomic E-state index is 12.6. The maximum atomic E-state index is 12.6. The number of alkyl halides is 2. The molecule has 1 unspecified atom stereocenters. The van der Waals surface area contributed by atoms with Gasteiger partial charge in [0, 0.05) is 19.8 Å². The fraction of sp³-hybridized carbons (Fsp3) is 0.500. The number of benzene rings is 1. The minimum Gasteiger partial charge on any atom is -0.385 e. The largest absolute Gasteiger partial charge is 0.385 e. The molecule has 0 spiro atoms. The zero-order valence-electron chi connectivity index (χ0n) is 10.8. The molecule has 0 amide bonds. The van der Waals surface area contributed by atoms with E-state index in [4.69, 9.17) is 4.74 Å². The lowest BCUT2D eigenvalue weighted by Crippen LogP contribution is -2.20. The summed E-state index contributed by atoms with van der Waals surface area (Å²) >= 11 is 0. The first-order valence-corrected chi connectivity index (χ1v) is 7.30. The van der Waals surface area contributed by atoms with Crippen LogP contribution in [-0.2, 0) is 14.6 Å². The van der Waals surface area contributed by atoms with Crippen molar-refractivity contribution in [1.29, 1.82) is 0 Å². The first kappa shape index (κ1) is 15.8. The quantitative estimate of drug-likeness (QED) is 0.839. The fourth-order valence-corrected chi connectivity index (χ4v) is 2.46. The lowest BCUT2D eigenvalue weighted by Gasteiger charge is -2.17. The van der Waals surface area contributed by atoms with Crippen LogP contribution in [0.25, 0.3) is 0 Å². The van der Waals surface area contributed by atoms with Gasteiger partial charge in [-0.1, -0.05) is 12.1 Å². The second kappa shape index (κ2) is 6.81. The van der Waals surface area contributed by atoms with Crippen LogP contribution < -0.4 is 5.32 Å². The summed E-state index contributed by atoms with van der Waals surface area (Å²) < 4.78 is 53.1. The van der Waals surface area contributed by atoms with E-state index < -0.39 is 15.6 Å². The van der Waals surface area contributed by atoms with E-state index in [9.17, 15) is 17.2 Å². The molecule has 0 aliphatic carbocycles. The molecule has 0 aliphatic rings. The summed E-state index contributed by atoms with van der Waals surface area (Å²) in [7, 11) is -3.04. The molecule has 0 saturated carbocycles. The van der Waals surface area contributed by atoms with Crippen molar-refractivity contribution in [1.82, 2.24) is 0 Å². The summed E-state index contributed by atoms with van der Waals surface area (Å²) in [5.74, 6) is -3.43. The smallest absolute Gasteiger partial charge is 0.341 e. The molecule has 0 saturated heterocycles. The third kappa shape index (κ3) is 4.14. The SMILES string of the molecule is COCCC(C)Nc1ccccc1S(=O)(=O)C(F)F. The summed E-state index contributed by atoms with van der Waals surface area (Å²) in [6.45, 7) is 2.32. The van der Waals surface area contributed by atoms with E-state index in [1.807, 2.05) is 6.92 Å². The summed E-state index contributed by atoms with van der Waals surface area (Å²) in [6.07, 6.45) is 0.638. The van der Waals surface area contributed by atoms with Crippen molar-refractivity contribution in [3.63, 3.8) is 0 Å². The minimum atomic E-state index is -4.60. The number of sulfone groups is 1. The molecular formula is C12H17F2NO3S. The Kier molecular flexibility index (Phi) is 5.68. The number of hydrogen-bond acceptors (Lipinski definition) is 4. The van der Waals surface area contributed by atoms with Crippen LogP contribution in [0.2, 0.25) is 0 Å². The molecule has 0 aliphatic heterocycles. The summed E-state index contributed by atoms with van der Waals surface area (Å²) in [4.78, 5) is -0.380. The second-order valence-corrected chi connectivity index (χ2v) is 6.01. The number of halogens is 2. The molecule has 1 rings (SSSR count). The average Bonchev–Trinajstić information content (AvgIpc) is 2.36. The minimum absolute atomic E-state index is 0.0889. The normalized spacial score (nSPS) is 13.5. The molecule has 1 aromatic rings. The van der Waals surface area contributed by atoms with E-state index in [-0.39, 0.29) is 16.6 Å². The van der Waals surface area contributed by atoms with Crippen LogP contribution in [0.5, 0.6) is 0 Å². The third-order valence-corrected chi connectivity index (χ3v) is 4.02. The van der Waals surface area contributed by atoms with Crippen LogP contribution in [-0.4, -0.2) is 33.9 Å². The van der Waals surface area contributed by atoms with Gasteiger partial charge in [-0.05, 0) is 25.5 Å². The molecule has 108 valence electrons. The van der Waals surface area contributed by atoms with Crippen LogP contribution in [0.3, 0.4) is 0 Å². The molecule has 0 aromatic heterocycles. The van der Waals surface area contributed by atoms with Crippen molar-refractivity contribution in [2.45, 2.75) is 30.0 Å². The van der Waals surface area contributed by atoms with Gasteiger partial charge >= 0.3 is 5.76 Å². The first-order chi connectivity index (χ1) is 8.89. The monoisotopic (exact) mass is 293 g/mol. The van der Waals surface area contributed by atoms with Gasteiger partial charge < -0.3 is 10.1 Å². The molecule has 0 radical (unpaired) electrons. The van der Waals surface area contributed by atoms with Gasteiger partial charge in [0.25, 0.3) is 0 Å². The van der Waals surface area contributed by atoms with Crippen molar-refractivity contribution in [2.24, 2.45) is 0 Å². The van der Waals surface area contributed by atoms with E-state index in [0.717, 1.165) is 0 Å². The zero-order valence-corrected chi connectivity index (χ0v) is 11.6. The van der Waals surface area contributed by atoms with Gasteiger partial charge in [0.15, 0.2) is 0 Å². The molecular weight excluding hydrogens is 276 g/mol. The van der Waals surface area contributed by atoms with E-state index >= 15 is 0 Å². The van der Waals surface area contributed by atoms with Crippen LogP contribution >= 0.6 is 0 Å². The van der Waals surface area contributed by atoms with Gasteiger partial charge in [-0.2, -0.15) is 8.78 Å². The van der Waals surface area contributed by atoms with Gasteiger partial charge in [0.05, 0.1) is 10.6 Å². The van der Waals surface area contributed by atoms with E-state index in [1.165, 1.54) is 18.2 Å². The fourth-order valence-electron chi connectivity index (χ4n) is 1.56. The van der Waals surface area contributed by atoms with Crippen molar-refractivity contribution in [2.75, 3.05) is 19.0 Å². The Morgan fingerprint density at radius 2 is 1.95 bits per heavy atom. The molecule has 4 nitrogen and oxygen atoms in total. The van der Waals surface area contributed by atoms with E-state index in [1.54, 1.807) is 13.2 Å². The molecule has 1 atom stereocenters. The van der Waals surface area contributed by atoms with Crippen LogP contribution in [0.4, 0.5) is 14.5 Å². The predicted molar refractivity (Wildman–Crippen MR) is 69.2 cm³/mol. The van der Waals surface area contributed by atoms with Gasteiger partial charge in [0.2, 0.25) is 9.84 Å². The Balaban J connectivity index is 2.97. The first-order valence-electron chi connectivity index (χ1n) is 5.76. The van der Waals surface area contributed by atoms with Gasteiger partial charge in [-0.3, -0.25) is 0 Å². The number of rotatable bonds is 7. The predicted octanol–water partition coefficient (Wildman–Crippen LogP) is 2.52. The Hall–Kier alpha value is -1.21. The highest BCUT2D eigenvalue weighted by atomic mass is 32.2. The highest BCUT2D eigenvalue weighted by Crippen LogP contribution is 2.26. The van der Waals surface area contributed by atoms with Gasteiger partial charge in [-0.25, -0.2) is 8.42 Å². The zero-order chi connectivity index (χ0) is 14.5. The standard InChI is InChI=1S/C12H17F2NO3S/c1-9(7-8-18-2)15-10-5-3-4-6-11(10)19(16,17)12(13)14/h3-6,9,12,15H,7-8H2,1-2H3. The Labute approximate surface area is 111 Å². The Bertz CT molecular complexity index is 505. The lowest BCUT2D eigenvalue weighted by atomic mass is 10.2. The Morgan fingerprint density at radius 3 is 2.53 bits per heavy atom. The summed E-state index contributed by atoms with van der Waals surface area (Å²) in [6, 6.07) is 5.57. The second-order valence-electron chi connectivity index (χ2n) is 4.13. The van der Waals surface area contributed by atoms with Crippen molar-refractivity contribution in [3.05, 3.63) is 24.3 Å². The topological polar surface area (TPSA) is 55.4 Å². The number of para-hydroxylation sites is 1. The van der Waals surface area contributed by atoms with Crippen LogP contribution in [0.1, 0.15) is 13.3 Å². The molecule has 0 fully saturated rings. The van der Waals surface area contributed by atoms with Crippen molar-refractivity contribution >= 4 is 15.5 Å². The van der Waals surface area contributed by atoms with Gasteiger partial charge in [0.1, 0.15) is 0 Å². The van der Waals surface area contributed by atoms with Crippen molar-refractivity contribution in [3.8, 4) is 0 Å². The lowest BCUT2D eigenvalue weighted by molar-refractivity contribution is 0.191. The molecule has 19 heavy (non-hydrogen) atoms. The van der Waals surface area contributed by atoms with E-state index in [2.05, 4.69) is 5.32 Å². The van der Waals surface area contributed by atoms with Crippen LogP contribution in [0, 0.1) is 0 Å². The van der Waals surface area contributed by atoms with Crippen molar-refractivity contribution < 1.29 is 21.9 Å². The number of methoxy groups -OCH3 is 1. The van der Waals surface area contributed by atoms with Crippen LogP contribution in [0.15, 0.2) is 29.2 Å². The highest BCUT2D eigenvalue weighted by molar-refractivity contribution is 7.91. The average molecular weight is 293 g/mol. The summed E-state index contributed by atoms with van der Waals surface area (Å²) in [5, 5.41) is 2.91.